The molecule has 1 rings (SSSR count). The van der Waals surface area contributed by atoms with E-state index in [0.717, 1.165) is 11.7 Å². The van der Waals surface area contributed by atoms with Gasteiger partial charge in [0.1, 0.15) is 0 Å². The van der Waals surface area contributed by atoms with E-state index in [1.807, 2.05) is 6.92 Å². The molecule has 1 aromatic heterocycles. The molecule has 2 atom stereocenters. The molecule has 5 nitrogen and oxygen atoms in total. The van der Waals surface area contributed by atoms with E-state index < -0.39 is 0 Å². The molecule has 1 heterocycles. The molecule has 0 radical (unpaired) electrons. The molecule has 2 unspecified atom stereocenters. The number of hydrogen-bond donors (Lipinski definition) is 2. The second-order valence-electron chi connectivity index (χ2n) is 3.69. The molecule has 15 heavy (non-hydrogen) atoms. The number of rotatable bonds is 5. The van der Waals surface area contributed by atoms with Gasteiger partial charge in [0.25, 0.3) is 5.91 Å². The first-order chi connectivity index (χ1) is 7.09. The van der Waals surface area contributed by atoms with Crippen molar-refractivity contribution in [3.8, 4) is 0 Å². The lowest BCUT2D eigenvalue weighted by Gasteiger charge is -2.13. The van der Waals surface area contributed by atoms with E-state index >= 15 is 0 Å². The number of carbonyl (C=O) groups excluding carboxylic acids is 1. The number of amides is 1. The number of nitrogens with zero attached hydrogens (tertiary/aromatic N) is 2. The van der Waals surface area contributed by atoms with Crippen LogP contribution in [0.5, 0.6) is 0 Å². The third-order valence-corrected chi connectivity index (χ3v) is 2.43. The maximum Gasteiger partial charge on any atom is 0.272 e. The molecule has 1 aromatic rings. The highest BCUT2D eigenvalue weighted by Crippen LogP contribution is 2.04. The van der Waals surface area contributed by atoms with Gasteiger partial charge in [0, 0.05) is 6.54 Å². The van der Waals surface area contributed by atoms with Gasteiger partial charge in [0.2, 0.25) is 0 Å². The van der Waals surface area contributed by atoms with Crippen LogP contribution in [0.4, 0.5) is 0 Å². The van der Waals surface area contributed by atoms with Gasteiger partial charge >= 0.3 is 0 Å². The van der Waals surface area contributed by atoms with Crippen molar-refractivity contribution < 1.29 is 9.90 Å². The SMILES string of the molecule is CC(O)CC(C)CNC(=O)c1cnsn1. The summed E-state index contributed by atoms with van der Waals surface area (Å²) in [5, 5.41) is 11.9. The Kier molecular flexibility index (Phi) is 4.64. The zero-order valence-electron chi connectivity index (χ0n) is 8.80. The lowest BCUT2D eigenvalue weighted by Crippen LogP contribution is -2.29. The first-order valence-corrected chi connectivity index (χ1v) is 5.56. The maximum atomic E-state index is 11.4. The molecular weight excluding hydrogens is 214 g/mol. The lowest BCUT2D eigenvalue weighted by atomic mass is 10.0. The summed E-state index contributed by atoms with van der Waals surface area (Å²) in [6, 6.07) is 0. The van der Waals surface area contributed by atoms with Crippen molar-refractivity contribution in [3.05, 3.63) is 11.9 Å². The highest BCUT2D eigenvalue weighted by Gasteiger charge is 2.11. The predicted octanol–water partition coefficient (Wildman–Crippen LogP) is 0.675. The quantitative estimate of drug-likeness (QED) is 0.778. The van der Waals surface area contributed by atoms with Crippen molar-refractivity contribution in [1.82, 2.24) is 14.1 Å². The monoisotopic (exact) mass is 229 g/mol. The smallest absolute Gasteiger partial charge is 0.272 e. The number of aromatic nitrogens is 2. The van der Waals surface area contributed by atoms with E-state index in [0.29, 0.717) is 18.7 Å². The molecule has 0 saturated carbocycles. The van der Waals surface area contributed by atoms with Gasteiger partial charge < -0.3 is 10.4 Å². The van der Waals surface area contributed by atoms with Crippen LogP contribution in [0.15, 0.2) is 6.20 Å². The first-order valence-electron chi connectivity index (χ1n) is 4.83. The summed E-state index contributed by atoms with van der Waals surface area (Å²) < 4.78 is 7.57. The fourth-order valence-corrected chi connectivity index (χ4v) is 1.70. The fourth-order valence-electron chi connectivity index (χ4n) is 1.29. The van der Waals surface area contributed by atoms with E-state index in [2.05, 4.69) is 14.1 Å². The highest BCUT2D eigenvalue weighted by molar-refractivity contribution is 6.99. The normalized spacial score (nSPS) is 14.6. The zero-order chi connectivity index (χ0) is 11.3. The summed E-state index contributed by atoms with van der Waals surface area (Å²) in [7, 11) is 0. The van der Waals surface area contributed by atoms with Crippen LogP contribution in [0.25, 0.3) is 0 Å². The summed E-state index contributed by atoms with van der Waals surface area (Å²) in [6.45, 7) is 4.26. The summed E-state index contributed by atoms with van der Waals surface area (Å²) in [6.07, 6.45) is 1.78. The molecule has 0 spiro atoms. The predicted molar refractivity (Wildman–Crippen MR) is 57.7 cm³/mol. The van der Waals surface area contributed by atoms with Gasteiger partial charge in [0.15, 0.2) is 5.69 Å². The number of nitrogens with one attached hydrogen (secondary N) is 1. The van der Waals surface area contributed by atoms with E-state index in [9.17, 15) is 4.79 Å². The minimum atomic E-state index is -0.335. The van der Waals surface area contributed by atoms with Crippen molar-refractivity contribution in [3.63, 3.8) is 0 Å². The van der Waals surface area contributed by atoms with Gasteiger partial charge in [-0.15, -0.1) is 0 Å². The third kappa shape index (κ3) is 4.35. The van der Waals surface area contributed by atoms with Crippen LogP contribution in [0.2, 0.25) is 0 Å². The van der Waals surface area contributed by atoms with Crippen molar-refractivity contribution in [1.29, 1.82) is 0 Å². The maximum absolute atomic E-state index is 11.4. The lowest BCUT2D eigenvalue weighted by molar-refractivity contribution is 0.0935. The molecule has 0 aliphatic rings. The molecule has 0 aliphatic carbocycles. The largest absolute Gasteiger partial charge is 0.393 e. The molecule has 0 aromatic carbocycles. The standard InChI is InChI=1S/C9H15N3O2S/c1-6(3-7(2)13)4-10-9(14)8-5-11-15-12-8/h5-7,13H,3-4H2,1-2H3,(H,10,14). The topological polar surface area (TPSA) is 75.1 Å². The molecule has 0 aliphatic heterocycles. The number of hydrogen-bond acceptors (Lipinski definition) is 5. The Labute approximate surface area is 92.9 Å². The van der Waals surface area contributed by atoms with Gasteiger partial charge in [-0.1, -0.05) is 6.92 Å². The first kappa shape index (κ1) is 12.1. The molecule has 84 valence electrons. The highest BCUT2D eigenvalue weighted by atomic mass is 32.1. The van der Waals surface area contributed by atoms with Crippen molar-refractivity contribution in [2.24, 2.45) is 5.92 Å². The van der Waals surface area contributed by atoms with E-state index in [1.165, 1.54) is 6.20 Å². The molecule has 0 fully saturated rings. The summed E-state index contributed by atoms with van der Waals surface area (Å²) >= 11 is 1.01. The number of aliphatic hydroxyl groups is 1. The molecule has 2 N–H and O–H groups in total. The Morgan fingerprint density at radius 1 is 1.67 bits per heavy atom. The molecule has 0 bridgehead atoms. The van der Waals surface area contributed by atoms with Crippen LogP contribution in [-0.2, 0) is 0 Å². The average molecular weight is 229 g/mol. The van der Waals surface area contributed by atoms with E-state index in [4.69, 9.17) is 5.11 Å². The van der Waals surface area contributed by atoms with Crippen LogP contribution < -0.4 is 5.32 Å². The Balaban J connectivity index is 2.28. The van der Waals surface area contributed by atoms with Gasteiger partial charge in [0.05, 0.1) is 24.0 Å². The molecule has 0 saturated heterocycles. The minimum Gasteiger partial charge on any atom is -0.393 e. The van der Waals surface area contributed by atoms with Crippen molar-refractivity contribution in [2.75, 3.05) is 6.54 Å². The minimum absolute atomic E-state index is 0.207. The number of carbonyl (C=O) groups is 1. The summed E-state index contributed by atoms with van der Waals surface area (Å²) in [5.41, 5.74) is 0.351. The number of aliphatic hydroxyl groups excluding tert-OH is 1. The molecule has 6 heteroatoms. The van der Waals surface area contributed by atoms with Gasteiger partial charge in [-0.25, -0.2) is 0 Å². The molecular formula is C9H15N3O2S. The average Bonchev–Trinajstić information content (AvgIpc) is 2.65. The van der Waals surface area contributed by atoms with E-state index in [-0.39, 0.29) is 17.9 Å². The van der Waals surface area contributed by atoms with Crippen molar-refractivity contribution >= 4 is 17.6 Å². The van der Waals surface area contributed by atoms with Gasteiger partial charge in [-0.3, -0.25) is 4.79 Å². The fraction of sp³-hybridized carbons (Fsp3) is 0.667. The van der Waals surface area contributed by atoms with Gasteiger partial charge in [-0.2, -0.15) is 8.75 Å². The summed E-state index contributed by atoms with van der Waals surface area (Å²) in [4.78, 5) is 11.4. The Morgan fingerprint density at radius 3 is 2.93 bits per heavy atom. The Hall–Kier alpha value is -1.01. The van der Waals surface area contributed by atoms with Crippen molar-refractivity contribution in [2.45, 2.75) is 26.4 Å². The zero-order valence-corrected chi connectivity index (χ0v) is 9.62. The van der Waals surface area contributed by atoms with Crippen LogP contribution in [0, 0.1) is 5.92 Å². The van der Waals surface area contributed by atoms with Crippen LogP contribution in [0.1, 0.15) is 30.8 Å². The van der Waals surface area contributed by atoms with Gasteiger partial charge in [-0.05, 0) is 19.3 Å². The van der Waals surface area contributed by atoms with E-state index in [1.54, 1.807) is 6.92 Å². The Morgan fingerprint density at radius 2 is 2.40 bits per heavy atom. The van der Waals surface area contributed by atoms with Crippen LogP contribution >= 0.6 is 11.7 Å². The molecule has 1 amide bonds. The van der Waals surface area contributed by atoms with Crippen LogP contribution in [0.3, 0.4) is 0 Å². The Bertz CT molecular complexity index is 300. The summed E-state index contributed by atoms with van der Waals surface area (Å²) in [5.74, 6) is 0.0433. The third-order valence-electron chi connectivity index (χ3n) is 1.95. The van der Waals surface area contributed by atoms with Crippen LogP contribution in [-0.4, -0.2) is 32.4 Å². The second kappa shape index (κ2) is 5.77. The second-order valence-corrected chi connectivity index (χ2v) is 4.25.